The van der Waals surface area contributed by atoms with Crippen LogP contribution in [0.4, 0.5) is 24.9 Å². The number of rotatable bonds is 6. The normalized spacial score (nSPS) is 20.6. The van der Waals surface area contributed by atoms with Crippen molar-refractivity contribution < 1.29 is 32.5 Å². The molecule has 184 valence electrons. The molecule has 34 heavy (non-hydrogen) atoms. The minimum absolute atomic E-state index is 0.00904. The predicted molar refractivity (Wildman–Crippen MR) is 115 cm³/mol. The summed E-state index contributed by atoms with van der Waals surface area (Å²) >= 11 is 0. The molecule has 0 bridgehead atoms. The number of aliphatic hydroxyl groups excluding tert-OH is 1. The number of carbonyl (C=O) groups excluding carboxylic acids is 1. The molecule has 1 saturated heterocycles. The van der Waals surface area contributed by atoms with Crippen LogP contribution in [-0.2, 0) is 15.7 Å². The standard InChI is InChI=1S/C21H25F3N6O4/c1-29(19(32)11-31)12-6-13(7-12)34-18-9-16(27-20(28-18)30-2-4-33-5-3-30)14-10-26-17(25)8-15(14)21(22,23)24/h8-10,12-13,31H,2-7,11H2,1H3,(H2,25,26)/t12-,13-. The lowest BCUT2D eigenvalue weighted by Crippen LogP contribution is -2.50. The van der Waals surface area contributed by atoms with Crippen LogP contribution >= 0.6 is 0 Å². The molecule has 13 heteroatoms. The second-order valence-electron chi connectivity index (χ2n) is 8.17. The van der Waals surface area contributed by atoms with Crippen molar-refractivity contribution in [1.29, 1.82) is 0 Å². The highest BCUT2D eigenvalue weighted by Gasteiger charge is 2.37. The van der Waals surface area contributed by atoms with Gasteiger partial charge >= 0.3 is 6.18 Å². The summed E-state index contributed by atoms with van der Waals surface area (Å²) in [6.07, 6.45) is -2.90. The van der Waals surface area contributed by atoms with Gasteiger partial charge in [-0.25, -0.2) is 9.97 Å². The Morgan fingerprint density at radius 3 is 2.65 bits per heavy atom. The van der Waals surface area contributed by atoms with Crippen LogP contribution in [0.3, 0.4) is 0 Å². The summed E-state index contributed by atoms with van der Waals surface area (Å²) in [4.78, 5) is 27.6. The molecular formula is C21H25F3N6O4. The SMILES string of the molecule is CN(C(=O)CO)[C@H]1C[C@H](Oc2cc(-c3cnc(N)cc3C(F)(F)F)nc(N3CCOCC3)n2)C1. The van der Waals surface area contributed by atoms with Crippen LogP contribution in [0.15, 0.2) is 18.3 Å². The maximum Gasteiger partial charge on any atom is 0.417 e. The molecule has 1 aliphatic heterocycles. The number of nitrogen functional groups attached to an aromatic ring is 1. The van der Waals surface area contributed by atoms with Gasteiger partial charge in [-0.2, -0.15) is 18.2 Å². The Labute approximate surface area is 193 Å². The monoisotopic (exact) mass is 482 g/mol. The van der Waals surface area contributed by atoms with E-state index < -0.39 is 24.3 Å². The molecule has 2 aliphatic rings. The largest absolute Gasteiger partial charge is 0.474 e. The van der Waals surface area contributed by atoms with Crippen molar-refractivity contribution in [3.8, 4) is 17.1 Å². The van der Waals surface area contributed by atoms with Crippen molar-refractivity contribution >= 4 is 17.7 Å². The third kappa shape index (κ3) is 5.14. The van der Waals surface area contributed by atoms with Crippen molar-refractivity contribution in [1.82, 2.24) is 19.9 Å². The number of likely N-dealkylation sites (N-methyl/N-ethyl adjacent to an activating group) is 1. The number of aliphatic hydroxyl groups is 1. The van der Waals surface area contributed by atoms with E-state index >= 15 is 0 Å². The van der Waals surface area contributed by atoms with Crippen LogP contribution < -0.4 is 15.4 Å². The quantitative estimate of drug-likeness (QED) is 0.627. The van der Waals surface area contributed by atoms with E-state index in [1.165, 1.54) is 11.0 Å². The molecule has 3 N–H and O–H groups in total. The van der Waals surface area contributed by atoms with E-state index in [0.717, 1.165) is 12.3 Å². The van der Waals surface area contributed by atoms with Gasteiger partial charge in [0.1, 0.15) is 18.5 Å². The van der Waals surface area contributed by atoms with Crippen molar-refractivity contribution in [2.45, 2.75) is 31.2 Å². The van der Waals surface area contributed by atoms with E-state index in [2.05, 4.69) is 15.0 Å². The molecule has 0 unspecified atom stereocenters. The first-order valence-electron chi connectivity index (χ1n) is 10.7. The molecule has 10 nitrogen and oxygen atoms in total. The number of halogens is 3. The minimum atomic E-state index is -4.66. The summed E-state index contributed by atoms with van der Waals surface area (Å²) in [7, 11) is 1.60. The number of nitrogens with zero attached hydrogens (tertiary/aromatic N) is 5. The first-order chi connectivity index (χ1) is 16.2. The predicted octanol–water partition coefficient (Wildman–Crippen LogP) is 1.34. The number of pyridine rings is 1. The number of carbonyl (C=O) groups is 1. The van der Waals surface area contributed by atoms with Gasteiger partial charge in [-0.1, -0.05) is 0 Å². The molecule has 0 atom stereocenters. The van der Waals surface area contributed by atoms with Gasteiger partial charge in [-0.3, -0.25) is 4.79 Å². The molecule has 2 fully saturated rings. The van der Waals surface area contributed by atoms with Gasteiger partial charge in [0, 0.05) is 56.8 Å². The van der Waals surface area contributed by atoms with E-state index in [9.17, 15) is 18.0 Å². The first-order valence-corrected chi connectivity index (χ1v) is 10.7. The Hall–Kier alpha value is -3.19. The molecule has 2 aromatic heterocycles. The van der Waals surface area contributed by atoms with Gasteiger partial charge in [-0.15, -0.1) is 0 Å². The fraction of sp³-hybridized carbons (Fsp3) is 0.524. The van der Waals surface area contributed by atoms with Gasteiger partial charge in [-0.05, 0) is 6.07 Å². The summed E-state index contributed by atoms with van der Waals surface area (Å²) in [5, 5.41) is 9.02. The molecule has 1 aliphatic carbocycles. The zero-order chi connectivity index (χ0) is 24.5. The first kappa shape index (κ1) is 24.0. The van der Waals surface area contributed by atoms with Crippen LogP contribution in [0.2, 0.25) is 0 Å². The topological polar surface area (TPSA) is 127 Å². The Bertz CT molecular complexity index is 1040. The molecule has 0 radical (unpaired) electrons. The molecule has 1 saturated carbocycles. The van der Waals surface area contributed by atoms with E-state index in [1.54, 1.807) is 7.05 Å². The lowest BCUT2D eigenvalue weighted by Gasteiger charge is -2.40. The number of ether oxygens (including phenoxy) is 2. The molecule has 0 aromatic carbocycles. The van der Waals surface area contributed by atoms with Crippen LogP contribution in [0, 0.1) is 0 Å². The molecule has 2 aromatic rings. The second-order valence-corrected chi connectivity index (χ2v) is 8.17. The number of anilines is 2. The number of hydrogen-bond donors (Lipinski definition) is 2. The van der Waals surface area contributed by atoms with E-state index in [-0.39, 0.29) is 41.0 Å². The Balaban J connectivity index is 1.63. The van der Waals surface area contributed by atoms with Crippen LogP contribution in [0.25, 0.3) is 11.3 Å². The average molecular weight is 482 g/mol. The maximum atomic E-state index is 13.7. The second kappa shape index (κ2) is 9.58. The summed E-state index contributed by atoms with van der Waals surface area (Å²) in [5.41, 5.74) is 4.33. The highest BCUT2D eigenvalue weighted by atomic mass is 19.4. The van der Waals surface area contributed by atoms with E-state index in [4.69, 9.17) is 20.3 Å². The Kier molecular flexibility index (Phi) is 6.75. The van der Waals surface area contributed by atoms with Crippen molar-refractivity contribution in [2.24, 2.45) is 0 Å². The molecule has 4 rings (SSSR count). The van der Waals surface area contributed by atoms with Gasteiger partial charge in [0.2, 0.25) is 17.7 Å². The lowest BCUT2D eigenvalue weighted by molar-refractivity contribution is -0.138. The van der Waals surface area contributed by atoms with Crippen molar-refractivity contribution in [3.63, 3.8) is 0 Å². The fourth-order valence-electron chi connectivity index (χ4n) is 3.86. The summed E-state index contributed by atoms with van der Waals surface area (Å²) in [6, 6.07) is 2.03. The Morgan fingerprint density at radius 1 is 1.29 bits per heavy atom. The summed E-state index contributed by atoms with van der Waals surface area (Å²) in [5.74, 6) is -0.296. The zero-order valence-electron chi connectivity index (χ0n) is 18.5. The maximum absolute atomic E-state index is 13.7. The van der Waals surface area contributed by atoms with Crippen LogP contribution in [-0.4, -0.2) is 83.0 Å². The van der Waals surface area contributed by atoms with Gasteiger partial charge in [0.25, 0.3) is 0 Å². The fourth-order valence-corrected chi connectivity index (χ4v) is 3.86. The summed E-state index contributed by atoms with van der Waals surface area (Å²) < 4.78 is 52.5. The minimum Gasteiger partial charge on any atom is -0.474 e. The summed E-state index contributed by atoms with van der Waals surface area (Å²) in [6.45, 7) is 1.27. The molecule has 1 amide bonds. The number of morpholine rings is 1. The third-order valence-corrected chi connectivity index (χ3v) is 5.92. The lowest BCUT2D eigenvalue weighted by atomic mass is 9.88. The highest BCUT2D eigenvalue weighted by molar-refractivity contribution is 5.77. The van der Waals surface area contributed by atoms with E-state index in [0.29, 0.717) is 39.1 Å². The number of amides is 1. The van der Waals surface area contributed by atoms with Crippen LogP contribution in [0.5, 0.6) is 5.88 Å². The number of nitrogens with two attached hydrogens (primary N) is 1. The zero-order valence-corrected chi connectivity index (χ0v) is 18.5. The smallest absolute Gasteiger partial charge is 0.417 e. The molecular weight excluding hydrogens is 457 g/mol. The van der Waals surface area contributed by atoms with Crippen molar-refractivity contribution in [2.75, 3.05) is 50.6 Å². The van der Waals surface area contributed by atoms with Gasteiger partial charge in [0.15, 0.2) is 0 Å². The third-order valence-electron chi connectivity index (χ3n) is 5.92. The average Bonchev–Trinajstić information content (AvgIpc) is 2.80. The number of hydrogen-bond acceptors (Lipinski definition) is 9. The number of alkyl halides is 3. The van der Waals surface area contributed by atoms with Gasteiger partial charge < -0.3 is 30.1 Å². The molecule has 3 heterocycles. The van der Waals surface area contributed by atoms with Gasteiger partial charge in [0.05, 0.1) is 24.5 Å². The van der Waals surface area contributed by atoms with Crippen molar-refractivity contribution in [3.05, 3.63) is 23.9 Å². The van der Waals surface area contributed by atoms with E-state index in [1.807, 2.05) is 4.90 Å². The van der Waals surface area contributed by atoms with Crippen LogP contribution in [0.1, 0.15) is 18.4 Å². The number of aromatic nitrogens is 3. The molecule has 0 spiro atoms. The highest BCUT2D eigenvalue weighted by Crippen LogP contribution is 2.38. The Morgan fingerprint density at radius 2 is 2.00 bits per heavy atom.